The Morgan fingerprint density at radius 1 is 1.50 bits per heavy atom. The van der Waals surface area contributed by atoms with Gasteiger partial charge in [-0.05, 0) is 6.92 Å². The van der Waals surface area contributed by atoms with Gasteiger partial charge in [0.25, 0.3) is 0 Å². The maximum Gasteiger partial charge on any atom is 0.230 e. The average molecular weight is 199 g/mol. The lowest BCUT2D eigenvalue weighted by Crippen LogP contribution is -2.17. The quantitative estimate of drug-likeness (QED) is 0.480. The normalized spacial score (nSPS) is 13.9. The molecule has 10 heavy (non-hydrogen) atoms. The number of nitrogens with zero attached hydrogens (tertiary/aromatic N) is 1. The van der Waals surface area contributed by atoms with Crippen molar-refractivity contribution in [3.05, 3.63) is 11.3 Å². The Morgan fingerprint density at radius 2 is 1.90 bits per heavy atom. The van der Waals surface area contributed by atoms with Crippen LogP contribution in [-0.2, 0) is 0 Å². The molecule has 0 fully saturated rings. The van der Waals surface area contributed by atoms with Crippen molar-refractivity contribution in [1.29, 1.82) is 5.26 Å². The first-order valence-corrected chi connectivity index (χ1v) is 3.46. The minimum Gasteiger partial charge on any atom is -0.398 e. The molecule has 0 aliphatic heterocycles. The zero-order valence-corrected chi connectivity index (χ0v) is 7.43. The smallest absolute Gasteiger partial charge is 0.230 e. The molecule has 0 aromatic rings. The van der Waals surface area contributed by atoms with Crippen LogP contribution in [0.1, 0.15) is 6.92 Å². The Bertz CT molecular complexity index is 196. The van der Waals surface area contributed by atoms with Gasteiger partial charge in [0, 0.05) is 5.57 Å². The van der Waals surface area contributed by atoms with Crippen molar-refractivity contribution >= 4 is 34.8 Å². The first-order chi connectivity index (χ1) is 4.39. The average Bonchev–Trinajstić information content (AvgIpc) is 1.83. The number of nitriles is 1. The van der Waals surface area contributed by atoms with Crippen LogP contribution in [0.3, 0.4) is 0 Å². The molecule has 0 radical (unpaired) electrons. The predicted octanol–water partition coefficient (Wildman–Crippen LogP) is 2.11. The molecule has 0 heterocycles. The van der Waals surface area contributed by atoms with Crippen LogP contribution in [0.5, 0.6) is 0 Å². The van der Waals surface area contributed by atoms with Gasteiger partial charge in [-0.1, -0.05) is 34.8 Å². The van der Waals surface area contributed by atoms with Crippen molar-refractivity contribution in [2.75, 3.05) is 0 Å². The second-order valence-electron chi connectivity index (χ2n) is 1.65. The van der Waals surface area contributed by atoms with Crippen LogP contribution in [0.4, 0.5) is 0 Å². The molecule has 0 rings (SSSR count). The van der Waals surface area contributed by atoms with E-state index >= 15 is 0 Å². The molecule has 2 N–H and O–H groups in total. The zero-order valence-electron chi connectivity index (χ0n) is 5.16. The molecule has 5 heteroatoms. The van der Waals surface area contributed by atoms with Crippen LogP contribution >= 0.6 is 34.8 Å². The number of rotatable bonds is 0. The molecule has 0 atom stereocenters. The van der Waals surface area contributed by atoms with Crippen molar-refractivity contribution in [3.8, 4) is 6.07 Å². The van der Waals surface area contributed by atoms with E-state index < -0.39 is 3.79 Å². The standard InChI is InChI=1S/C5H5Cl3N2/c1-3(2-9)4(10)5(6,7)8/h10H2,1H3/b4-3+. The molecule has 0 aliphatic carbocycles. The van der Waals surface area contributed by atoms with Crippen molar-refractivity contribution in [2.45, 2.75) is 10.7 Å². The fourth-order valence-electron chi connectivity index (χ4n) is 0.273. The van der Waals surface area contributed by atoms with E-state index in [1.807, 2.05) is 0 Å². The molecule has 0 saturated heterocycles. The summed E-state index contributed by atoms with van der Waals surface area (Å²) in [4.78, 5) is 0. The predicted molar refractivity (Wildman–Crippen MR) is 42.8 cm³/mol. The second kappa shape index (κ2) is 3.34. The number of nitrogens with two attached hydrogens (primary N) is 1. The Morgan fingerprint density at radius 3 is 2.00 bits per heavy atom. The lowest BCUT2D eigenvalue weighted by atomic mass is 10.3. The third kappa shape index (κ3) is 2.66. The minimum atomic E-state index is -1.67. The summed E-state index contributed by atoms with van der Waals surface area (Å²) < 4.78 is -1.67. The van der Waals surface area contributed by atoms with Crippen molar-refractivity contribution in [2.24, 2.45) is 5.73 Å². The first kappa shape index (κ1) is 9.90. The van der Waals surface area contributed by atoms with Crippen LogP contribution in [-0.4, -0.2) is 3.79 Å². The molecule has 0 unspecified atom stereocenters. The highest BCUT2D eigenvalue weighted by Crippen LogP contribution is 2.32. The summed E-state index contributed by atoms with van der Waals surface area (Å²) in [5.41, 5.74) is 5.46. The number of halogens is 3. The topological polar surface area (TPSA) is 49.8 Å². The molecule has 0 amide bonds. The highest BCUT2D eigenvalue weighted by molar-refractivity contribution is 6.69. The third-order valence-corrected chi connectivity index (χ3v) is 1.49. The lowest BCUT2D eigenvalue weighted by molar-refractivity contribution is 1.14. The van der Waals surface area contributed by atoms with Crippen LogP contribution in [0.2, 0.25) is 0 Å². The third-order valence-electron chi connectivity index (χ3n) is 0.877. The van der Waals surface area contributed by atoms with Gasteiger partial charge in [0.2, 0.25) is 3.79 Å². The van der Waals surface area contributed by atoms with Gasteiger partial charge in [-0.25, -0.2) is 0 Å². The fraction of sp³-hybridized carbons (Fsp3) is 0.400. The van der Waals surface area contributed by atoms with E-state index in [0.717, 1.165) is 0 Å². The molecule has 0 saturated carbocycles. The maximum absolute atomic E-state index is 8.30. The van der Waals surface area contributed by atoms with Gasteiger partial charge in [0.05, 0.1) is 11.8 Å². The van der Waals surface area contributed by atoms with Crippen molar-refractivity contribution < 1.29 is 0 Å². The number of allylic oxidation sites excluding steroid dienone is 2. The molecule has 0 aliphatic rings. The van der Waals surface area contributed by atoms with Crippen molar-refractivity contribution in [1.82, 2.24) is 0 Å². The number of hydrogen-bond donors (Lipinski definition) is 1. The maximum atomic E-state index is 8.30. The molecule has 2 nitrogen and oxygen atoms in total. The monoisotopic (exact) mass is 198 g/mol. The Kier molecular flexibility index (Phi) is 3.30. The van der Waals surface area contributed by atoms with Gasteiger partial charge in [-0.2, -0.15) is 5.26 Å². The van der Waals surface area contributed by atoms with Crippen LogP contribution in [0, 0.1) is 11.3 Å². The van der Waals surface area contributed by atoms with Gasteiger partial charge in [-0.15, -0.1) is 0 Å². The summed E-state index contributed by atoms with van der Waals surface area (Å²) in [5, 5.41) is 8.30. The summed E-state index contributed by atoms with van der Waals surface area (Å²) in [7, 11) is 0. The summed E-state index contributed by atoms with van der Waals surface area (Å²) in [5.74, 6) is 0. The fourth-order valence-corrected chi connectivity index (χ4v) is 0.698. The van der Waals surface area contributed by atoms with Gasteiger partial charge in [0.1, 0.15) is 0 Å². The van der Waals surface area contributed by atoms with Gasteiger partial charge in [-0.3, -0.25) is 0 Å². The van der Waals surface area contributed by atoms with Crippen LogP contribution < -0.4 is 5.73 Å². The largest absolute Gasteiger partial charge is 0.398 e. The van der Waals surface area contributed by atoms with E-state index in [0.29, 0.717) is 0 Å². The highest BCUT2D eigenvalue weighted by Gasteiger charge is 2.25. The second-order valence-corrected chi connectivity index (χ2v) is 3.93. The first-order valence-electron chi connectivity index (χ1n) is 2.33. The highest BCUT2D eigenvalue weighted by atomic mass is 35.6. The minimum absolute atomic E-state index is 0.0278. The molecule has 0 bridgehead atoms. The van der Waals surface area contributed by atoms with Crippen LogP contribution in [0.25, 0.3) is 0 Å². The SMILES string of the molecule is C/C(C#N)=C(\N)C(Cl)(Cl)Cl. The Labute approximate surface area is 74.2 Å². The van der Waals surface area contributed by atoms with Gasteiger partial charge < -0.3 is 5.73 Å². The van der Waals surface area contributed by atoms with Gasteiger partial charge >= 0.3 is 0 Å². The molecular formula is C5H5Cl3N2. The Hall–Kier alpha value is -0.100. The number of hydrogen-bond acceptors (Lipinski definition) is 2. The van der Waals surface area contributed by atoms with E-state index in [-0.39, 0.29) is 11.3 Å². The molecule has 0 aromatic heterocycles. The van der Waals surface area contributed by atoms with Crippen LogP contribution in [0.15, 0.2) is 11.3 Å². The summed E-state index contributed by atoms with van der Waals surface area (Å²) >= 11 is 16.1. The lowest BCUT2D eigenvalue weighted by Gasteiger charge is -2.10. The number of alkyl halides is 3. The molecule has 0 spiro atoms. The van der Waals surface area contributed by atoms with Crippen molar-refractivity contribution in [3.63, 3.8) is 0 Å². The van der Waals surface area contributed by atoms with Gasteiger partial charge in [0.15, 0.2) is 0 Å². The van der Waals surface area contributed by atoms with E-state index in [1.165, 1.54) is 6.92 Å². The van der Waals surface area contributed by atoms with E-state index in [1.54, 1.807) is 6.07 Å². The van der Waals surface area contributed by atoms with E-state index in [2.05, 4.69) is 0 Å². The zero-order chi connectivity index (χ0) is 8.36. The summed E-state index contributed by atoms with van der Waals surface area (Å²) in [6.07, 6.45) is 0. The molecular weight excluding hydrogens is 194 g/mol. The van der Waals surface area contributed by atoms with E-state index in [4.69, 9.17) is 45.8 Å². The van der Waals surface area contributed by atoms with E-state index in [9.17, 15) is 0 Å². The summed E-state index contributed by atoms with van der Waals surface area (Å²) in [6, 6.07) is 1.77. The Balaban J connectivity index is 4.69. The molecule has 56 valence electrons. The summed E-state index contributed by atoms with van der Waals surface area (Å²) in [6.45, 7) is 1.48. The molecule has 0 aromatic carbocycles.